The third-order valence-electron chi connectivity index (χ3n) is 4.23. The van der Waals surface area contributed by atoms with Gasteiger partial charge in [-0.2, -0.15) is 0 Å². The molecule has 3 aromatic rings. The zero-order valence-corrected chi connectivity index (χ0v) is 17.6. The second-order valence-corrected chi connectivity index (χ2v) is 7.37. The Kier molecular flexibility index (Phi) is 7.51. The van der Waals surface area contributed by atoms with Crippen molar-refractivity contribution in [2.24, 2.45) is 0 Å². The maximum Gasteiger partial charge on any atom is 0.267 e. The Balaban J connectivity index is 1.71. The van der Waals surface area contributed by atoms with Gasteiger partial charge in [-0.3, -0.25) is 9.59 Å². The quantitative estimate of drug-likeness (QED) is 0.388. The van der Waals surface area contributed by atoms with E-state index in [1.165, 1.54) is 18.2 Å². The third-order valence-corrected chi connectivity index (χ3v) is 4.76. The van der Waals surface area contributed by atoms with Crippen LogP contribution in [-0.4, -0.2) is 27.9 Å². The van der Waals surface area contributed by atoms with E-state index in [4.69, 9.17) is 0 Å². The summed E-state index contributed by atoms with van der Waals surface area (Å²) in [4.78, 5) is 29.2. The van der Waals surface area contributed by atoms with Crippen LogP contribution in [0.5, 0.6) is 0 Å². The Hall–Kier alpha value is -3.26. The molecule has 0 bridgehead atoms. The highest BCUT2D eigenvalue weighted by molar-refractivity contribution is 9.10. The molecule has 0 unspecified atom stereocenters. The van der Waals surface area contributed by atoms with Crippen molar-refractivity contribution in [3.63, 3.8) is 0 Å². The van der Waals surface area contributed by atoms with E-state index in [1.807, 2.05) is 22.9 Å². The Morgan fingerprint density at radius 1 is 1.13 bits per heavy atom. The maximum absolute atomic E-state index is 14.0. The molecule has 6 nitrogen and oxygen atoms in total. The monoisotopic (exact) mass is 470 g/mol. The first-order valence-corrected chi connectivity index (χ1v) is 10.1. The third kappa shape index (κ3) is 6.12. The summed E-state index contributed by atoms with van der Waals surface area (Å²) >= 11 is 3.36. The number of rotatable bonds is 8. The summed E-state index contributed by atoms with van der Waals surface area (Å²) in [6, 6.07) is 12.9. The molecule has 2 aromatic carbocycles. The van der Waals surface area contributed by atoms with Crippen molar-refractivity contribution in [1.82, 2.24) is 20.2 Å². The number of amides is 2. The predicted molar refractivity (Wildman–Crippen MR) is 116 cm³/mol. The first-order chi connectivity index (χ1) is 14.5. The highest BCUT2D eigenvalue weighted by atomic mass is 79.9. The molecule has 154 valence electrons. The van der Waals surface area contributed by atoms with Crippen molar-refractivity contribution in [2.75, 3.05) is 6.54 Å². The maximum atomic E-state index is 14.0. The standard InChI is InChI=1S/C22H20BrFN4O2/c23-17-8-6-16(7-9-17)14-20(27-21(29)18-4-1-2-5-19(18)24)22(30)26-10-3-12-28-13-11-25-15-28/h1-2,4-9,11,13-15H,3,10,12H2,(H,26,30)(H,27,29)/b20-14+. The number of carbonyl (C=O) groups excluding carboxylic acids is 2. The number of hydrogen-bond acceptors (Lipinski definition) is 3. The molecule has 0 aliphatic heterocycles. The molecule has 1 heterocycles. The summed E-state index contributed by atoms with van der Waals surface area (Å²) in [7, 11) is 0. The molecule has 8 heteroatoms. The van der Waals surface area contributed by atoms with E-state index in [9.17, 15) is 14.0 Å². The van der Waals surface area contributed by atoms with Crippen molar-refractivity contribution in [1.29, 1.82) is 0 Å². The van der Waals surface area contributed by atoms with E-state index in [0.717, 1.165) is 10.0 Å². The molecular weight excluding hydrogens is 451 g/mol. The molecule has 0 fully saturated rings. The summed E-state index contributed by atoms with van der Waals surface area (Å²) in [5.41, 5.74) is 0.621. The number of aryl methyl sites for hydroxylation is 1. The van der Waals surface area contributed by atoms with Gasteiger partial charge in [0, 0.05) is 30.0 Å². The number of nitrogens with zero attached hydrogens (tertiary/aromatic N) is 2. The lowest BCUT2D eigenvalue weighted by Gasteiger charge is -2.12. The van der Waals surface area contributed by atoms with E-state index in [-0.39, 0.29) is 11.3 Å². The Bertz CT molecular complexity index is 1030. The van der Waals surface area contributed by atoms with Gasteiger partial charge in [-0.15, -0.1) is 0 Å². The highest BCUT2D eigenvalue weighted by Gasteiger charge is 2.16. The number of hydrogen-bond donors (Lipinski definition) is 2. The van der Waals surface area contributed by atoms with Crippen LogP contribution in [0.25, 0.3) is 6.08 Å². The fourth-order valence-electron chi connectivity index (χ4n) is 2.70. The summed E-state index contributed by atoms with van der Waals surface area (Å²) in [5, 5.41) is 5.32. The van der Waals surface area contributed by atoms with Gasteiger partial charge in [0.2, 0.25) is 0 Å². The molecule has 2 N–H and O–H groups in total. The van der Waals surface area contributed by atoms with Gasteiger partial charge in [-0.1, -0.05) is 40.2 Å². The van der Waals surface area contributed by atoms with Gasteiger partial charge < -0.3 is 15.2 Å². The van der Waals surface area contributed by atoms with Crippen LogP contribution in [0.1, 0.15) is 22.3 Å². The van der Waals surface area contributed by atoms with Crippen molar-refractivity contribution in [3.8, 4) is 0 Å². The normalized spacial score (nSPS) is 11.2. The van der Waals surface area contributed by atoms with E-state index in [0.29, 0.717) is 19.5 Å². The van der Waals surface area contributed by atoms with Crippen LogP contribution in [-0.2, 0) is 11.3 Å². The Labute approximate surface area is 182 Å². The molecule has 0 aliphatic rings. The van der Waals surface area contributed by atoms with Gasteiger partial charge in [0.05, 0.1) is 11.9 Å². The number of nitrogens with one attached hydrogen (secondary N) is 2. The molecule has 0 saturated heterocycles. The number of imidazole rings is 1. The van der Waals surface area contributed by atoms with Crippen molar-refractivity contribution in [2.45, 2.75) is 13.0 Å². The number of benzene rings is 2. The van der Waals surface area contributed by atoms with Crippen LogP contribution >= 0.6 is 15.9 Å². The zero-order chi connectivity index (χ0) is 21.3. The van der Waals surface area contributed by atoms with Crippen LogP contribution in [0.3, 0.4) is 0 Å². The van der Waals surface area contributed by atoms with Gasteiger partial charge in [-0.05, 0) is 42.3 Å². The lowest BCUT2D eigenvalue weighted by molar-refractivity contribution is -0.117. The average molecular weight is 471 g/mol. The SMILES string of the molecule is O=C(NCCCn1ccnc1)/C(=C\c1ccc(Br)cc1)NC(=O)c1ccccc1F. The van der Waals surface area contributed by atoms with Crippen LogP contribution in [0.4, 0.5) is 4.39 Å². The van der Waals surface area contributed by atoms with Gasteiger partial charge in [0.15, 0.2) is 0 Å². The van der Waals surface area contributed by atoms with Gasteiger partial charge in [0.25, 0.3) is 11.8 Å². The van der Waals surface area contributed by atoms with Gasteiger partial charge in [0.1, 0.15) is 11.5 Å². The first kappa shape index (κ1) is 21.4. The number of halogens is 2. The number of carbonyl (C=O) groups is 2. The van der Waals surface area contributed by atoms with Crippen LogP contribution in [0.15, 0.2) is 77.4 Å². The van der Waals surface area contributed by atoms with Crippen LogP contribution < -0.4 is 10.6 Å². The first-order valence-electron chi connectivity index (χ1n) is 9.30. The molecule has 0 saturated carbocycles. The van der Waals surface area contributed by atoms with Crippen LogP contribution in [0, 0.1) is 5.82 Å². The van der Waals surface area contributed by atoms with E-state index in [1.54, 1.807) is 36.8 Å². The average Bonchev–Trinajstić information content (AvgIpc) is 3.26. The van der Waals surface area contributed by atoms with Gasteiger partial charge in [-0.25, -0.2) is 9.37 Å². The molecule has 0 radical (unpaired) electrons. The second-order valence-electron chi connectivity index (χ2n) is 6.45. The minimum atomic E-state index is -0.690. The lowest BCUT2D eigenvalue weighted by atomic mass is 10.1. The molecular formula is C22H20BrFN4O2. The van der Waals surface area contributed by atoms with Crippen molar-refractivity contribution >= 4 is 33.8 Å². The van der Waals surface area contributed by atoms with E-state index >= 15 is 0 Å². The van der Waals surface area contributed by atoms with E-state index < -0.39 is 17.6 Å². The fourth-order valence-corrected chi connectivity index (χ4v) is 2.96. The zero-order valence-electron chi connectivity index (χ0n) is 16.0. The minimum absolute atomic E-state index is 0.0354. The predicted octanol–water partition coefficient (Wildman–Crippen LogP) is 3.76. The topological polar surface area (TPSA) is 76.0 Å². The van der Waals surface area contributed by atoms with Crippen molar-refractivity contribution in [3.05, 3.63) is 94.4 Å². The van der Waals surface area contributed by atoms with Crippen molar-refractivity contribution < 1.29 is 14.0 Å². The largest absolute Gasteiger partial charge is 0.351 e. The smallest absolute Gasteiger partial charge is 0.267 e. The van der Waals surface area contributed by atoms with Gasteiger partial charge >= 0.3 is 0 Å². The Morgan fingerprint density at radius 2 is 1.90 bits per heavy atom. The van der Waals surface area contributed by atoms with Crippen LogP contribution in [0.2, 0.25) is 0 Å². The lowest BCUT2D eigenvalue weighted by Crippen LogP contribution is -2.35. The molecule has 2 amide bonds. The molecule has 0 aliphatic carbocycles. The second kappa shape index (κ2) is 10.5. The molecule has 3 rings (SSSR count). The summed E-state index contributed by atoms with van der Waals surface area (Å²) in [5.74, 6) is -1.79. The number of aromatic nitrogens is 2. The summed E-state index contributed by atoms with van der Waals surface area (Å²) in [6.45, 7) is 1.11. The minimum Gasteiger partial charge on any atom is -0.351 e. The summed E-state index contributed by atoms with van der Waals surface area (Å²) < 4.78 is 16.7. The Morgan fingerprint density at radius 3 is 2.60 bits per heavy atom. The molecule has 0 atom stereocenters. The molecule has 1 aromatic heterocycles. The highest BCUT2D eigenvalue weighted by Crippen LogP contribution is 2.14. The van der Waals surface area contributed by atoms with E-state index in [2.05, 4.69) is 31.5 Å². The molecule has 30 heavy (non-hydrogen) atoms. The molecule has 0 spiro atoms. The fraction of sp³-hybridized carbons (Fsp3) is 0.136. The summed E-state index contributed by atoms with van der Waals surface area (Å²) in [6.07, 6.45) is 7.48.